The van der Waals surface area contributed by atoms with Crippen molar-refractivity contribution in [2.75, 3.05) is 5.32 Å². The molecule has 0 saturated heterocycles. The molecule has 1 aromatic heterocycles. The molecule has 3 nitrogen and oxygen atoms in total. The summed E-state index contributed by atoms with van der Waals surface area (Å²) in [6.07, 6.45) is 3.24. The van der Waals surface area contributed by atoms with Gasteiger partial charge in [0.15, 0.2) is 0 Å². The second-order valence-electron chi connectivity index (χ2n) is 5.52. The van der Waals surface area contributed by atoms with Crippen molar-refractivity contribution in [2.45, 2.75) is 32.4 Å². The van der Waals surface area contributed by atoms with Crippen molar-refractivity contribution in [3.05, 3.63) is 51.4 Å². The molecule has 1 aliphatic carbocycles. The van der Waals surface area contributed by atoms with Crippen LogP contribution >= 0.6 is 11.3 Å². The van der Waals surface area contributed by atoms with Crippen LogP contribution in [0, 0.1) is 6.92 Å². The van der Waals surface area contributed by atoms with Crippen LogP contribution in [-0.2, 0) is 12.8 Å². The van der Waals surface area contributed by atoms with Crippen molar-refractivity contribution in [1.29, 1.82) is 0 Å². The van der Waals surface area contributed by atoms with Crippen LogP contribution in [0.25, 0.3) is 0 Å². The Morgan fingerprint density at radius 3 is 2.75 bits per heavy atom. The van der Waals surface area contributed by atoms with E-state index in [1.807, 2.05) is 0 Å². The Bertz CT molecular complexity index is 687. The average molecular weight is 284 g/mol. The first kappa shape index (κ1) is 12.0. The Hall–Kier alpha value is -1.81. The lowest BCUT2D eigenvalue weighted by Gasteiger charge is -2.26. The van der Waals surface area contributed by atoms with Gasteiger partial charge in [-0.05, 0) is 37.3 Å². The van der Waals surface area contributed by atoms with E-state index < -0.39 is 0 Å². The van der Waals surface area contributed by atoms with Crippen molar-refractivity contribution in [3.8, 4) is 0 Å². The van der Waals surface area contributed by atoms with Gasteiger partial charge in [0.1, 0.15) is 11.2 Å². The first-order valence-corrected chi connectivity index (χ1v) is 7.82. The number of hydrogen-bond donors (Lipinski definition) is 2. The van der Waals surface area contributed by atoms with Gasteiger partial charge in [0.2, 0.25) is 0 Å². The molecule has 4 rings (SSSR count). The van der Waals surface area contributed by atoms with Gasteiger partial charge in [0.25, 0.3) is 5.91 Å². The van der Waals surface area contributed by atoms with E-state index >= 15 is 0 Å². The number of hydrogen-bond acceptors (Lipinski definition) is 3. The van der Waals surface area contributed by atoms with E-state index in [1.165, 1.54) is 22.4 Å². The highest BCUT2D eigenvalue weighted by Crippen LogP contribution is 2.42. The number of aryl methyl sites for hydroxylation is 2. The van der Waals surface area contributed by atoms with Gasteiger partial charge in [0, 0.05) is 4.88 Å². The molecule has 0 unspecified atom stereocenters. The molecule has 1 aliphatic heterocycles. The average Bonchev–Trinajstić information content (AvgIpc) is 2.99. The SMILES string of the molecule is Cc1ccc([C@H]2NC(=O)c3c(sc4c3CCC4)N2)cc1. The van der Waals surface area contributed by atoms with Crippen molar-refractivity contribution in [3.63, 3.8) is 0 Å². The standard InChI is InChI=1S/C16H16N2OS/c1-9-5-7-10(8-6-9)14-17-15(19)13-11-3-2-4-12(11)20-16(13)18-14/h5-8,14,18H,2-4H2,1H3,(H,17,19)/t14-/m0/s1. The third kappa shape index (κ3) is 1.75. The van der Waals surface area contributed by atoms with Gasteiger partial charge in [-0.3, -0.25) is 4.79 Å². The lowest BCUT2D eigenvalue weighted by molar-refractivity contribution is 0.0935. The zero-order valence-corrected chi connectivity index (χ0v) is 12.1. The topological polar surface area (TPSA) is 41.1 Å². The summed E-state index contributed by atoms with van der Waals surface area (Å²) in [6.45, 7) is 2.07. The molecule has 4 heteroatoms. The molecule has 0 radical (unpaired) electrons. The summed E-state index contributed by atoms with van der Waals surface area (Å²) in [5.41, 5.74) is 4.50. The fraction of sp³-hybridized carbons (Fsp3) is 0.312. The summed E-state index contributed by atoms with van der Waals surface area (Å²) in [5, 5.41) is 7.61. The molecule has 2 aliphatic rings. The molecular formula is C16H16N2OS. The molecule has 0 bridgehead atoms. The normalized spacial score (nSPS) is 20.1. The van der Waals surface area contributed by atoms with Gasteiger partial charge in [-0.2, -0.15) is 0 Å². The van der Waals surface area contributed by atoms with E-state index in [0.717, 1.165) is 29.0 Å². The fourth-order valence-electron chi connectivity index (χ4n) is 3.04. The minimum absolute atomic E-state index is 0.0729. The molecule has 2 heterocycles. The number of carbonyl (C=O) groups excluding carboxylic acids is 1. The van der Waals surface area contributed by atoms with Crippen molar-refractivity contribution in [2.24, 2.45) is 0 Å². The fourth-order valence-corrected chi connectivity index (χ4v) is 4.36. The summed E-state index contributed by atoms with van der Waals surface area (Å²) in [7, 11) is 0. The Labute approximate surface area is 122 Å². The van der Waals surface area contributed by atoms with Crippen LogP contribution in [0.5, 0.6) is 0 Å². The van der Waals surface area contributed by atoms with Crippen LogP contribution in [0.15, 0.2) is 24.3 Å². The summed E-state index contributed by atoms with van der Waals surface area (Å²) in [4.78, 5) is 13.8. The molecule has 1 atom stereocenters. The van der Waals surface area contributed by atoms with Crippen LogP contribution in [-0.4, -0.2) is 5.91 Å². The van der Waals surface area contributed by atoms with Gasteiger partial charge >= 0.3 is 0 Å². The predicted octanol–water partition coefficient (Wildman–Crippen LogP) is 3.40. The summed E-state index contributed by atoms with van der Waals surface area (Å²) >= 11 is 1.76. The highest BCUT2D eigenvalue weighted by molar-refractivity contribution is 7.16. The van der Waals surface area contributed by atoms with Crippen LogP contribution in [0.1, 0.15) is 44.5 Å². The van der Waals surface area contributed by atoms with Crippen molar-refractivity contribution in [1.82, 2.24) is 5.32 Å². The van der Waals surface area contributed by atoms with Gasteiger partial charge < -0.3 is 10.6 Å². The van der Waals surface area contributed by atoms with E-state index in [0.29, 0.717) is 0 Å². The molecule has 1 aromatic carbocycles. The Morgan fingerprint density at radius 1 is 1.15 bits per heavy atom. The predicted molar refractivity (Wildman–Crippen MR) is 81.4 cm³/mol. The third-order valence-corrected chi connectivity index (χ3v) is 5.33. The number of benzene rings is 1. The molecule has 1 amide bonds. The number of fused-ring (bicyclic) bond motifs is 3. The minimum atomic E-state index is -0.116. The zero-order chi connectivity index (χ0) is 13.7. The molecule has 2 N–H and O–H groups in total. The van der Waals surface area contributed by atoms with E-state index in [4.69, 9.17) is 0 Å². The second-order valence-corrected chi connectivity index (χ2v) is 6.63. The number of amides is 1. The van der Waals surface area contributed by atoms with E-state index in [2.05, 4.69) is 41.8 Å². The summed E-state index contributed by atoms with van der Waals surface area (Å²) in [5.74, 6) is 0.0729. The first-order valence-electron chi connectivity index (χ1n) is 7.01. The molecular weight excluding hydrogens is 268 g/mol. The highest BCUT2D eigenvalue weighted by atomic mass is 32.1. The van der Waals surface area contributed by atoms with Gasteiger partial charge in [-0.1, -0.05) is 29.8 Å². The number of thiophene rings is 1. The molecule has 0 fully saturated rings. The Kier molecular flexibility index (Phi) is 2.60. The quantitative estimate of drug-likeness (QED) is 0.842. The number of nitrogens with one attached hydrogen (secondary N) is 2. The van der Waals surface area contributed by atoms with E-state index in [-0.39, 0.29) is 12.1 Å². The van der Waals surface area contributed by atoms with Crippen molar-refractivity contribution < 1.29 is 4.79 Å². The first-order chi connectivity index (χ1) is 9.72. The van der Waals surface area contributed by atoms with Crippen LogP contribution in [0.3, 0.4) is 0 Å². The molecule has 102 valence electrons. The molecule has 2 aromatic rings. The van der Waals surface area contributed by atoms with E-state index in [9.17, 15) is 4.79 Å². The highest BCUT2D eigenvalue weighted by Gasteiger charge is 2.32. The zero-order valence-electron chi connectivity index (χ0n) is 11.3. The number of anilines is 1. The maximum absolute atomic E-state index is 12.4. The maximum atomic E-state index is 12.4. The number of carbonyl (C=O) groups is 1. The Morgan fingerprint density at radius 2 is 1.95 bits per heavy atom. The third-order valence-electron chi connectivity index (χ3n) is 4.11. The second kappa shape index (κ2) is 4.35. The summed E-state index contributed by atoms with van der Waals surface area (Å²) in [6, 6.07) is 8.29. The van der Waals surface area contributed by atoms with Gasteiger partial charge in [0.05, 0.1) is 5.56 Å². The lowest BCUT2D eigenvalue weighted by Crippen LogP contribution is -2.38. The molecule has 0 spiro atoms. The Balaban J connectivity index is 1.71. The van der Waals surface area contributed by atoms with Crippen molar-refractivity contribution >= 4 is 22.2 Å². The minimum Gasteiger partial charge on any atom is -0.353 e. The number of rotatable bonds is 1. The van der Waals surface area contributed by atoms with Crippen LogP contribution in [0.2, 0.25) is 0 Å². The maximum Gasteiger partial charge on any atom is 0.256 e. The largest absolute Gasteiger partial charge is 0.353 e. The van der Waals surface area contributed by atoms with Crippen LogP contribution < -0.4 is 10.6 Å². The summed E-state index contributed by atoms with van der Waals surface area (Å²) < 4.78 is 0. The lowest BCUT2D eigenvalue weighted by atomic mass is 10.1. The van der Waals surface area contributed by atoms with Gasteiger partial charge in [-0.25, -0.2) is 0 Å². The van der Waals surface area contributed by atoms with E-state index in [1.54, 1.807) is 11.3 Å². The monoisotopic (exact) mass is 284 g/mol. The van der Waals surface area contributed by atoms with Crippen LogP contribution in [0.4, 0.5) is 5.00 Å². The smallest absolute Gasteiger partial charge is 0.256 e. The molecule has 20 heavy (non-hydrogen) atoms. The molecule has 0 saturated carbocycles. The van der Waals surface area contributed by atoms with Gasteiger partial charge in [-0.15, -0.1) is 11.3 Å².